The number of urea groups is 1. The summed E-state index contributed by atoms with van der Waals surface area (Å²) in [7, 11) is 0. The van der Waals surface area contributed by atoms with Gasteiger partial charge in [0.25, 0.3) is 0 Å². The summed E-state index contributed by atoms with van der Waals surface area (Å²) in [6.07, 6.45) is 0. The number of para-hydroxylation sites is 1. The van der Waals surface area contributed by atoms with Crippen molar-refractivity contribution < 1.29 is 4.79 Å². The third-order valence-electron chi connectivity index (χ3n) is 3.99. The second-order valence-electron chi connectivity index (χ2n) is 5.63. The normalized spacial score (nSPS) is 12.9. The lowest BCUT2D eigenvalue weighted by molar-refractivity contribution is 0.239. The molecule has 26 heavy (non-hydrogen) atoms. The zero-order valence-electron chi connectivity index (χ0n) is 13.0. The SMILES string of the molecule is O=C(Nc1ccc2cc(Cl)cc3c2c1NS3)[N+]([O-])([O-])c1ccccc1Br. The van der Waals surface area contributed by atoms with Gasteiger partial charge < -0.3 is 15.1 Å². The van der Waals surface area contributed by atoms with E-state index in [4.69, 9.17) is 11.6 Å². The molecule has 0 unspecified atom stereocenters. The molecule has 0 fully saturated rings. The van der Waals surface area contributed by atoms with Crippen LogP contribution in [0.15, 0.2) is 57.9 Å². The lowest BCUT2D eigenvalue weighted by Gasteiger charge is -2.42. The molecule has 0 bridgehead atoms. The Morgan fingerprint density at radius 1 is 1.19 bits per heavy atom. The Balaban J connectivity index is 1.72. The number of hydrogen-bond acceptors (Lipinski definition) is 5. The van der Waals surface area contributed by atoms with Crippen LogP contribution in [0.4, 0.5) is 21.9 Å². The molecule has 0 aliphatic carbocycles. The number of halogens is 2. The molecule has 0 aromatic heterocycles. The van der Waals surface area contributed by atoms with Crippen LogP contribution in [-0.4, -0.2) is 6.03 Å². The van der Waals surface area contributed by atoms with E-state index in [0.29, 0.717) is 16.4 Å². The number of amides is 2. The first-order chi connectivity index (χ1) is 12.4. The first-order valence-electron chi connectivity index (χ1n) is 7.45. The van der Waals surface area contributed by atoms with Crippen LogP contribution in [0.5, 0.6) is 0 Å². The Morgan fingerprint density at radius 3 is 2.73 bits per heavy atom. The highest BCUT2D eigenvalue weighted by Gasteiger charge is 2.26. The minimum absolute atomic E-state index is 0.225. The van der Waals surface area contributed by atoms with E-state index < -0.39 is 10.8 Å². The molecule has 0 radical (unpaired) electrons. The fourth-order valence-electron chi connectivity index (χ4n) is 2.78. The minimum Gasteiger partial charge on any atom is -0.617 e. The zero-order chi connectivity index (χ0) is 18.5. The predicted molar refractivity (Wildman–Crippen MR) is 110 cm³/mol. The van der Waals surface area contributed by atoms with Gasteiger partial charge in [-0.2, -0.15) is 0 Å². The van der Waals surface area contributed by atoms with Crippen LogP contribution in [0.2, 0.25) is 5.02 Å². The van der Waals surface area contributed by atoms with Gasteiger partial charge in [0.2, 0.25) is 0 Å². The van der Waals surface area contributed by atoms with E-state index in [9.17, 15) is 15.2 Å². The van der Waals surface area contributed by atoms with E-state index in [-0.39, 0.29) is 10.2 Å². The van der Waals surface area contributed by atoms with Gasteiger partial charge in [0, 0.05) is 21.4 Å². The van der Waals surface area contributed by atoms with Gasteiger partial charge in [-0.05, 0) is 57.5 Å². The van der Waals surface area contributed by atoms with Crippen LogP contribution in [-0.2, 0) is 0 Å². The Bertz CT molecular complexity index is 1060. The fraction of sp³-hybridized carbons (Fsp3) is 0. The van der Waals surface area contributed by atoms with Crippen molar-refractivity contribution in [3.05, 3.63) is 68.4 Å². The average Bonchev–Trinajstić information content (AvgIpc) is 3.02. The van der Waals surface area contributed by atoms with E-state index in [1.165, 1.54) is 30.1 Å². The summed E-state index contributed by atoms with van der Waals surface area (Å²) in [5, 5.41) is 29.7. The Hall–Kier alpha value is -1.81. The van der Waals surface area contributed by atoms with E-state index in [1.807, 2.05) is 12.1 Å². The second kappa shape index (κ2) is 6.41. The van der Waals surface area contributed by atoms with E-state index in [1.54, 1.807) is 18.2 Å². The van der Waals surface area contributed by atoms with Gasteiger partial charge in [0.1, 0.15) is 0 Å². The number of quaternary nitrogens is 1. The summed E-state index contributed by atoms with van der Waals surface area (Å²) in [6.45, 7) is 0. The van der Waals surface area contributed by atoms with Crippen molar-refractivity contribution in [3.8, 4) is 0 Å². The number of hydroxylamine groups is 2. The van der Waals surface area contributed by atoms with E-state index in [0.717, 1.165) is 15.7 Å². The smallest absolute Gasteiger partial charge is 0.426 e. The van der Waals surface area contributed by atoms with Crippen molar-refractivity contribution in [2.45, 2.75) is 4.90 Å². The predicted octanol–water partition coefficient (Wildman–Crippen LogP) is 6.22. The second-order valence-corrected chi connectivity index (χ2v) is 7.77. The topological polar surface area (TPSA) is 87.2 Å². The number of hydrogen-bond donors (Lipinski definition) is 2. The summed E-state index contributed by atoms with van der Waals surface area (Å²) in [6, 6.07) is 11.8. The molecular formula is C17H10BrClN3O3S-. The standard InChI is InChI=1S/C17H10BrClN3O3S/c18-11-3-1-2-4-13(11)22(24,25)17(23)20-12-6-5-9-7-10(19)8-14-15(9)16(12)21-26-14/h1-8,21H,(H,20,23)/q-1. The van der Waals surface area contributed by atoms with Crippen molar-refractivity contribution in [2.75, 3.05) is 10.0 Å². The van der Waals surface area contributed by atoms with Crippen LogP contribution < -0.4 is 14.8 Å². The minimum atomic E-state index is -2.43. The molecule has 4 rings (SSSR count). The van der Waals surface area contributed by atoms with E-state index in [2.05, 4.69) is 26.0 Å². The molecule has 1 aliphatic heterocycles. The Kier molecular flexibility index (Phi) is 4.34. The highest BCUT2D eigenvalue weighted by atomic mass is 79.9. The van der Waals surface area contributed by atoms with Crippen molar-refractivity contribution >= 4 is 73.3 Å². The lowest BCUT2D eigenvalue weighted by atomic mass is 10.1. The molecule has 2 amide bonds. The third-order valence-corrected chi connectivity index (χ3v) is 5.72. The zero-order valence-corrected chi connectivity index (χ0v) is 16.1. The molecule has 0 saturated heterocycles. The maximum absolute atomic E-state index is 12.4. The molecule has 6 nitrogen and oxygen atoms in total. The van der Waals surface area contributed by atoms with Gasteiger partial charge >= 0.3 is 6.03 Å². The summed E-state index contributed by atoms with van der Waals surface area (Å²) in [5.41, 5.74) is 0.772. The lowest BCUT2D eigenvalue weighted by Crippen LogP contribution is -2.46. The van der Waals surface area contributed by atoms with Gasteiger partial charge in [-0.25, -0.2) is 4.79 Å². The number of anilines is 2. The monoisotopic (exact) mass is 450 g/mol. The summed E-state index contributed by atoms with van der Waals surface area (Å²) in [5.74, 6) is 0. The number of benzene rings is 3. The third kappa shape index (κ3) is 2.84. The molecule has 132 valence electrons. The first kappa shape index (κ1) is 17.6. The van der Waals surface area contributed by atoms with Gasteiger partial charge in [-0.15, -0.1) is 0 Å². The highest BCUT2D eigenvalue weighted by Crippen LogP contribution is 2.46. The number of nitrogens with zero attached hydrogens (tertiary/aromatic N) is 1. The number of nitrogens with one attached hydrogen (secondary N) is 2. The van der Waals surface area contributed by atoms with Crippen molar-refractivity contribution in [3.63, 3.8) is 0 Å². The molecule has 0 spiro atoms. The van der Waals surface area contributed by atoms with Crippen LogP contribution >= 0.6 is 39.5 Å². The number of rotatable bonds is 2. The van der Waals surface area contributed by atoms with Crippen LogP contribution in [0.1, 0.15) is 0 Å². The average molecular weight is 452 g/mol. The summed E-state index contributed by atoms with van der Waals surface area (Å²) >= 11 is 10.6. The molecule has 9 heteroatoms. The fourth-order valence-corrected chi connectivity index (χ4v) is 4.52. The molecular weight excluding hydrogens is 442 g/mol. The molecule has 1 aliphatic rings. The summed E-state index contributed by atoms with van der Waals surface area (Å²) < 4.78 is 3.37. The molecule has 1 heterocycles. The van der Waals surface area contributed by atoms with Crippen molar-refractivity contribution in [1.29, 1.82) is 0 Å². The largest absolute Gasteiger partial charge is 0.617 e. The van der Waals surface area contributed by atoms with Crippen LogP contribution in [0.3, 0.4) is 0 Å². The van der Waals surface area contributed by atoms with Gasteiger partial charge in [-0.1, -0.05) is 29.8 Å². The molecule has 0 saturated carbocycles. The number of carbonyl (C=O) groups is 1. The first-order valence-corrected chi connectivity index (χ1v) is 9.43. The Labute approximate surface area is 166 Å². The van der Waals surface area contributed by atoms with Gasteiger partial charge in [0.15, 0.2) is 5.69 Å². The maximum atomic E-state index is 12.4. The number of carbonyl (C=O) groups excluding carboxylic acids is 1. The molecule has 2 N–H and O–H groups in total. The molecule has 0 atom stereocenters. The summed E-state index contributed by atoms with van der Waals surface area (Å²) in [4.78, 5) is 10.9. The maximum Gasteiger partial charge on any atom is 0.426 e. The van der Waals surface area contributed by atoms with Crippen LogP contribution in [0.25, 0.3) is 10.8 Å². The molecule has 3 aromatic rings. The van der Waals surface area contributed by atoms with Gasteiger partial charge in [-0.3, -0.25) is 10.1 Å². The van der Waals surface area contributed by atoms with Crippen LogP contribution in [0, 0.1) is 10.4 Å². The van der Waals surface area contributed by atoms with Crippen molar-refractivity contribution in [1.82, 2.24) is 4.81 Å². The highest BCUT2D eigenvalue weighted by molar-refractivity contribution is 9.10. The van der Waals surface area contributed by atoms with Gasteiger partial charge in [0.05, 0.1) is 15.8 Å². The quantitative estimate of drug-likeness (QED) is 0.274. The van der Waals surface area contributed by atoms with E-state index >= 15 is 0 Å². The Morgan fingerprint density at radius 2 is 1.96 bits per heavy atom. The molecule has 3 aromatic carbocycles. The van der Waals surface area contributed by atoms with Crippen molar-refractivity contribution in [2.24, 2.45) is 0 Å².